The van der Waals surface area contributed by atoms with Crippen molar-refractivity contribution >= 4 is 21.4 Å². The van der Waals surface area contributed by atoms with E-state index in [0.717, 1.165) is 19.3 Å². The standard InChI is InChI=1S/C17H27ClO2S/c1-16(2,3)11-8-12-17(4,5)13-21(19,20)15-10-7-6-9-14(15)18/h6-7,9-10H,8,11-13H2,1-5H3. The average molecular weight is 331 g/mol. The fraction of sp³-hybridized carbons (Fsp3) is 0.647. The minimum atomic E-state index is -3.35. The van der Waals surface area contributed by atoms with Gasteiger partial charge in [-0.2, -0.15) is 0 Å². The molecule has 1 aromatic carbocycles. The SMILES string of the molecule is CC(C)(C)CCCC(C)(C)CS(=O)(=O)c1ccccc1Cl. The van der Waals surface area contributed by atoms with Gasteiger partial charge in [-0.15, -0.1) is 0 Å². The van der Waals surface area contributed by atoms with Crippen LogP contribution in [0, 0.1) is 10.8 Å². The van der Waals surface area contributed by atoms with Crippen molar-refractivity contribution < 1.29 is 8.42 Å². The lowest BCUT2D eigenvalue weighted by atomic mass is 9.84. The van der Waals surface area contributed by atoms with Crippen LogP contribution in [0.15, 0.2) is 29.2 Å². The van der Waals surface area contributed by atoms with Crippen LogP contribution in [0.4, 0.5) is 0 Å². The highest BCUT2D eigenvalue weighted by Crippen LogP contribution is 2.32. The van der Waals surface area contributed by atoms with Crippen molar-refractivity contribution in [2.24, 2.45) is 10.8 Å². The van der Waals surface area contributed by atoms with Gasteiger partial charge in [-0.1, -0.05) is 64.8 Å². The van der Waals surface area contributed by atoms with Gasteiger partial charge in [-0.05, 0) is 35.8 Å². The summed E-state index contributed by atoms with van der Waals surface area (Å²) < 4.78 is 25.1. The summed E-state index contributed by atoms with van der Waals surface area (Å²) in [6.07, 6.45) is 3.03. The topological polar surface area (TPSA) is 34.1 Å². The monoisotopic (exact) mass is 330 g/mol. The third kappa shape index (κ3) is 6.39. The van der Waals surface area contributed by atoms with Crippen molar-refractivity contribution in [2.45, 2.75) is 58.8 Å². The lowest BCUT2D eigenvalue weighted by Gasteiger charge is -2.26. The number of benzene rings is 1. The van der Waals surface area contributed by atoms with Crippen molar-refractivity contribution in [1.29, 1.82) is 0 Å². The van der Waals surface area contributed by atoms with Crippen LogP contribution in [-0.2, 0) is 9.84 Å². The first-order valence-electron chi connectivity index (χ1n) is 7.40. The molecule has 0 amide bonds. The normalized spacial score (nSPS) is 13.4. The number of hydrogen-bond acceptors (Lipinski definition) is 2. The molecule has 4 heteroatoms. The molecule has 0 unspecified atom stereocenters. The molecule has 120 valence electrons. The second-order valence-corrected chi connectivity index (χ2v) is 10.1. The van der Waals surface area contributed by atoms with Crippen molar-refractivity contribution in [3.8, 4) is 0 Å². The van der Waals surface area contributed by atoms with Crippen LogP contribution < -0.4 is 0 Å². The van der Waals surface area contributed by atoms with Gasteiger partial charge in [-0.25, -0.2) is 8.42 Å². The number of halogens is 1. The van der Waals surface area contributed by atoms with Gasteiger partial charge in [0.15, 0.2) is 9.84 Å². The number of hydrogen-bond donors (Lipinski definition) is 0. The summed E-state index contributed by atoms with van der Waals surface area (Å²) in [6.45, 7) is 10.7. The highest BCUT2D eigenvalue weighted by atomic mass is 35.5. The Kier molecular flexibility index (Phi) is 5.91. The van der Waals surface area contributed by atoms with Crippen LogP contribution >= 0.6 is 11.6 Å². The van der Waals surface area contributed by atoms with Gasteiger partial charge in [0, 0.05) is 0 Å². The Morgan fingerprint density at radius 3 is 2.10 bits per heavy atom. The van der Waals surface area contributed by atoms with Gasteiger partial charge in [0.05, 0.1) is 15.7 Å². The van der Waals surface area contributed by atoms with Gasteiger partial charge in [0.1, 0.15) is 0 Å². The van der Waals surface area contributed by atoms with E-state index in [4.69, 9.17) is 11.6 Å². The minimum Gasteiger partial charge on any atom is -0.224 e. The summed E-state index contributed by atoms with van der Waals surface area (Å²) in [6, 6.07) is 6.67. The van der Waals surface area contributed by atoms with Gasteiger partial charge >= 0.3 is 0 Å². The lowest BCUT2D eigenvalue weighted by molar-refractivity contribution is 0.302. The van der Waals surface area contributed by atoms with Crippen LogP contribution in [0.3, 0.4) is 0 Å². The number of rotatable bonds is 6. The molecular weight excluding hydrogens is 304 g/mol. The molecule has 0 radical (unpaired) electrons. The Labute approximate surface area is 134 Å². The maximum atomic E-state index is 12.5. The molecule has 0 heterocycles. The van der Waals surface area contributed by atoms with E-state index in [1.807, 2.05) is 13.8 Å². The van der Waals surface area contributed by atoms with Gasteiger partial charge in [0.25, 0.3) is 0 Å². The summed E-state index contributed by atoms with van der Waals surface area (Å²) in [4.78, 5) is 0.246. The maximum Gasteiger partial charge on any atom is 0.180 e. The second-order valence-electron chi connectivity index (χ2n) is 7.77. The van der Waals surface area contributed by atoms with E-state index in [1.54, 1.807) is 24.3 Å². The molecule has 0 aliphatic carbocycles. The predicted octanol–water partition coefficient (Wildman–Crippen LogP) is 5.36. The van der Waals surface area contributed by atoms with E-state index >= 15 is 0 Å². The van der Waals surface area contributed by atoms with Crippen LogP contribution in [0.25, 0.3) is 0 Å². The van der Waals surface area contributed by atoms with E-state index in [2.05, 4.69) is 20.8 Å². The van der Waals surface area contributed by atoms with Crippen LogP contribution in [0.2, 0.25) is 5.02 Å². The lowest BCUT2D eigenvalue weighted by Crippen LogP contribution is -2.25. The summed E-state index contributed by atoms with van der Waals surface area (Å²) in [5.41, 5.74) is 0.0426. The molecule has 0 aliphatic rings. The molecule has 0 saturated heterocycles. The van der Waals surface area contributed by atoms with Gasteiger partial charge in [-0.3, -0.25) is 0 Å². The van der Waals surface area contributed by atoms with Crippen LogP contribution in [0.1, 0.15) is 53.9 Å². The van der Waals surface area contributed by atoms with E-state index < -0.39 is 9.84 Å². The Hall–Kier alpha value is -0.540. The van der Waals surface area contributed by atoms with E-state index in [9.17, 15) is 8.42 Å². The smallest absolute Gasteiger partial charge is 0.180 e. The first-order valence-corrected chi connectivity index (χ1v) is 9.43. The molecule has 2 nitrogen and oxygen atoms in total. The first kappa shape index (κ1) is 18.5. The molecule has 0 spiro atoms. The third-order valence-corrected chi connectivity index (χ3v) is 6.16. The zero-order chi connectivity index (χ0) is 16.3. The average Bonchev–Trinajstić information content (AvgIpc) is 2.25. The fourth-order valence-corrected chi connectivity index (χ4v) is 4.93. The molecule has 0 aromatic heterocycles. The second kappa shape index (κ2) is 6.70. The molecule has 0 aliphatic heterocycles. The van der Waals surface area contributed by atoms with E-state index in [1.165, 1.54) is 0 Å². The third-order valence-electron chi connectivity index (χ3n) is 3.53. The van der Waals surface area contributed by atoms with E-state index in [0.29, 0.717) is 5.02 Å². The molecule has 0 N–H and O–H groups in total. The predicted molar refractivity (Wildman–Crippen MR) is 90.6 cm³/mol. The highest BCUT2D eigenvalue weighted by Gasteiger charge is 2.29. The molecule has 21 heavy (non-hydrogen) atoms. The summed E-state index contributed by atoms with van der Waals surface area (Å²) in [7, 11) is -3.35. The minimum absolute atomic E-state index is 0.133. The van der Waals surface area contributed by atoms with Crippen molar-refractivity contribution in [3.63, 3.8) is 0 Å². The summed E-state index contributed by atoms with van der Waals surface area (Å²) in [5, 5.41) is 0.308. The molecule has 1 rings (SSSR count). The first-order chi connectivity index (χ1) is 9.43. The Morgan fingerprint density at radius 2 is 1.57 bits per heavy atom. The zero-order valence-electron chi connectivity index (χ0n) is 13.7. The van der Waals surface area contributed by atoms with Crippen molar-refractivity contribution in [2.75, 3.05) is 5.75 Å². The van der Waals surface area contributed by atoms with E-state index in [-0.39, 0.29) is 21.5 Å². The summed E-state index contributed by atoms with van der Waals surface area (Å²) in [5.74, 6) is 0.133. The molecule has 0 atom stereocenters. The Balaban J connectivity index is 2.76. The molecule has 0 bridgehead atoms. The van der Waals surface area contributed by atoms with Crippen molar-refractivity contribution in [1.82, 2.24) is 0 Å². The largest absolute Gasteiger partial charge is 0.224 e. The molecule has 1 aromatic rings. The molecule has 0 saturated carbocycles. The Morgan fingerprint density at radius 1 is 1.00 bits per heavy atom. The molecular formula is C17H27ClO2S. The molecule has 0 fully saturated rings. The highest BCUT2D eigenvalue weighted by molar-refractivity contribution is 7.91. The van der Waals surface area contributed by atoms with Gasteiger partial charge < -0.3 is 0 Å². The number of sulfone groups is 1. The quantitative estimate of drug-likeness (QED) is 0.704. The van der Waals surface area contributed by atoms with Crippen LogP contribution in [-0.4, -0.2) is 14.2 Å². The van der Waals surface area contributed by atoms with Crippen LogP contribution in [0.5, 0.6) is 0 Å². The zero-order valence-corrected chi connectivity index (χ0v) is 15.3. The maximum absolute atomic E-state index is 12.5. The fourth-order valence-electron chi connectivity index (χ4n) is 2.46. The summed E-state index contributed by atoms with van der Waals surface area (Å²) >= 11 is 6.02. The Bertz CT molecular complexity index is 569. The van der Waals surface area contributed by atoms with Gasteiger partial charge in [0.2, 0.25) is 0 Å². The van der Waals surface area contributed by atoms with Crippen molar-refractivity contribution in [3.05, 3.63) is 29.3 Å².